The van der Waals surface area contributed by atoms with Gasteiger partial charge in [-0.15, -0.1) is 0 Å². The van der Waals surface area contributed by atoms with Gasteiger partial charge in [-0.25, -0.2) is 4.68 Å². The molecule has 0 aliphatic carbocycles. The first-order chi connectivity index (χ1) is 10.3. The number of hydrogen-bond donors (Lipinski definition) is 2. The highest BCUT2D eigenvalue weighted by Gasteiger charge is 2.31. The van der Waals surface area contributed by atoms with E-state index in [9.17, 15) is 13.2 Å². The molecule has 0 fully saturated rings. The molecule has 0 radical (unpaired) electrons. The van der Waals surface area contributed by atoms with Gasteiger partial charge in [0.25, 0.3) is 0 Å². The molecule has 0 amide bonds. The molecule has 0 aliphatic rings. The molecule has 8 heteroatoms. The first-order valence-electron chi connectivity index (χ1n) is 6.56. The lowest BCUT2D eigenvalue weighted by Crippen LogP contribution is -2.34. The summed E-state index contributed by atoms with van der Waals surface area (Å²) >= 11 is 5.10. The summed E-state index contributed by atoms with van der Waals surface area (Å²) in [6.45, 7) is 3.77. The fourth-order valence-electron chi connectivity index (χ4n) is 1.84. The molecule has 118 valence electrons. The van der Waals surface area contributed by atoms with E-state index >= 15 is 0 Å². The number of nitrogens with zero attached hydrogens (tertiary/aromatic N) is 2. The zero-order valence-electron chi connectivity index (χ0n) is 12.0. The van der Waals surface area contributed by atoms with Crippen molar-refractivity contribution in [3.8, 4) is 5.69 Å². The number of hydrogen-bond acceptors (Lipinski definition) is 2. The average Bonchev–Trinajstić information content (AvgIpc) is 2.90. The smallest absolute Gasteiger partial charge is 0.360 e. The summed E-state index contributed by atoms with van der Waals surface area (Å²) in [5, 5.41) is 10.0. The Morgan fingerprint density at radius 2 is 2.05 bits per heavy atom. The average molecular weight is 328 g/mol. The summed E-state index contributed by atoms with van der Waals surface area (Å²) in [6, 6.07) is 5.15. The van der Waals surface area contributed by atoms with Gasteiger partial charge in [-0.1, -0.05) is 0 Å². The van der Waals surface area contributed by atoms with Gasteiger partial charge in [0.2, 0.25) is 0 Å². The van der Waals surface area contributed by atoms with Crippen LogP contribution < -0.4 is 10.6 Å². The molecule has 0 spiro atoms. The molecule has 2 rings (SSSR count). The normalized spacial score (nSPS) is 11.5. The molecule has 2 aromatic rings. The molecule has 0 atom stereocenters. The second kappa shape index (κ2) is 6.35. The first-order valence-corrected chi connectivity index (χ1v) is 6.97. The maximum atomic E-state index is 12.9. The van der Waals surface area contributed by atoms with Crippen LogP contribution in [0.25, 0.3) is 5.69 Å². The monoisotopic (exact) mass is 328 g/mol. The summed E-state index contributed by atoms with van der Waals surface area (Å²) in [5.41, 5.74) is -0.0409. The minimum atomic E-state index is -4.42. The molecule has 1 heterocycles. The van der Waals surface area contributed by atoms with Gasteiger partial charge >= 0.3 is 6.18 Å². The number of anilines is 1. The summed E-state index contributed by atoms with van der Waals surface area (Å²) in [6.07, 6.45) is -1.23. The number of aromatic nitrogens is 2. The minimum Gasteiger partial charge on any atom is -0.360 e. The SMILES string of the molecule is CC(C)NC(=S)Nc1cc(C(F)(F)F)ccc1-n1cccn1. The van der Waals surface area contributed by atoms with Gasteiger partial charge in [0, 0.05) is 18.4 Å². The minimum absolute atomic E-state index is 0.0685. The van der Waals surface area contributed by atoms with Crippen molar-refractivity contribution >= 4 is 23.0 Å². The van der Waals surface area contributed by atoms with Gasteiger partial charge in [0.05, 0.1) is 16.9 Å². The van der Waals surface area contributed by atoms with Crippen molar-refractivity contribution in [1.29, 1.82) is 0 Å². The van der Waals surface area contributed by atoms with Crippen molar-refractivity contribution in [3.05, 3.63) is 42.2 Å². The second-order valence-electron chi connectivity index (χ2n) is 4.93. The summed E-state index contributed by atoms with van der Waals surface area (Å²) in [5.74, 6) is 0. The Hall–Kier alpha value is -2.09. The lowest BCUT2D eigenvalue weighted by molar-refractivity contribution is -0.137. The van der Waals surface area contributed by atoms with E-state index < -0.39 is 11.7 Å². The van der Waals surface area contributed by atoms with Crippen LogP contribution in [0.3, 0.4) is 0 Å². The summed E-state index contributed by atoms with van der Waals surface area (Å²) in [7, 11) is 0. The lowest BCUT2D eigenvalue weighted by atomic mass is 10.1. The lowest BCUT2D eigenvalue weighted by Gasteiger charge is -2.17. The third-order valence-electron chi connectivity index (χ3n) is 2.74. The van der Waals surface area contributed by atoms with Gasteiger partial charge in [-0.05, 0) is 50.3 Å². The van der Waals surface area contributed by atoms with Gasteiger partial charge < -0.3 is 10.6 Å². The van der Waals surface area contributed by atoms with E-state index in [4.69, 9.17) is 12.2 Å². The van der Waals surface area contributed by atoms with Crippen molar-refractivity contribution in [1.82, 2.24) is 15.1 Å². The van der Waals surface area contributed by atoms with Crippen LogP contribution in [-0.2, 0) is 6.18 Å². The Bertz CT molecular complexity index is 651. The molecular weight excluding hydrogens is 313 g/mol. The van der Waals surface area contributed by atoms with Gasteiger partial charge in [0.1, 0.15) is 0 Å². The zero-order chi connectivity index (χ0) is 16.3. The Kier molecular flexibility index (Phi) is 4.70. The number of alkyl halides is 3. The molecule has 1 aromatic carbocycles. The van der Waals surface area contributed by atoms with Crippen molar-refractivity contribution in [2.75, 3.05) is 5.32 Å². The van der Waals surface area contributed by atoms with Crippen molar-refractivity contribution in [2.24, 2.45) is 0 Å². The third-order valence-corrected chi connectivity index (χ3v) is 2.96. The standard InChI is InChI=1S/C14H15F3N4S/c1-9(2)19-13(22)20-11-8-10(14(15,16)17)4-5-12(11)21-7-3-6-18-21/h3-9H,1-2H3,(H2,19,20,22). The largest absolute Gasteiger partial charge is 0.416 e. The zero-order valence-corrected chi connectivity index (χ0v) is 12.8. The number of halogens is 3. The molecule has 0 unspecified atom stereocenters. The quantitative estimate of drug-likeness (QED) is 0.845. The topological polar surface area (TPSA) is 41.9 Å². The number of nitrogens with one attached hydrogen (secondary N) is 2. The predicted molar refractivity (Wildman–Crippen MR) is 83.1 cm³/mol. The van der Waals surface area contributed by atoms with Gasteiger partial charge in [-0.2, -0.15) is 18.3 Å². The number of benzene rings is 1. The highest BCUT2D eigenvalue weighted by atomic mass is 32.1. The third kappa shape index (κ3) is 3.97. The van der Waals surface area contributed by atoms with E-state index in [2.05, 4.69) is 15.7 Å². The van der Waals surface area contributed by atoms with E-state index in [0.29, 0.717) is 5.69 Å². The Morgan fingerprint density at radius 3 is 2.59 bits per heavy atom. The Labute approximate surface area is 131 Å². The van der Waals surface area contributed by atoms with Crippen molar-refractivity contribution in [3.63, 3.8) is 0 Å². The molecule has 2 N–H and O–H groups in total. The molecule has 22 heavy (non-hydrogen) atoms. The number of thiocarbonyl (C=S) groups is 1. The molecule has 0 saturated carbocycles. The number of rotatable bonds is 3. The molecule has 4 nitrogen and oxygen atoms in total. The Balaban J connectivity index is 2.40. The van der Waals surface area contributed by atoms with Crippen LogP contribution in [0.15, 0.2) is 36.7 Å². The highest BCUT2D eigenvalue weighted by molar-refractivity contribution is 7.80. The maximum Gasteiger partial charge on any atom is 0.416 e. The van der Waals surface area contributed by atoms with Crippen LogP contribution in [0, 0.1) is 0 Å². The van der Waals surface area contributed by atoms with Gasteiger partial charge in [-0.3, -0.25) is 0 Å². The van der Waals surface area contributed by atoms with E-state index in [1.54, 1.807) is 18.5 Å². The molecule has 1 aromatic heterocycles. The van der Waals surface area contributed by atoms with Crippen LogP contribution in [-0.4, -0.2) is 20.9 Å². The van der Waals surface area contributed by atoms with E-state index in [1.165, 1.54) is 10.7 Å². The fourth-order valence-corrected chi connectivity index (χ4v) is 2.19. The van der Waals surface area contributed by atoms with Crippen molar-refractivity contribution < 1.29 is 13.2 Å². The molecule has 0 bridgehead atoms. The first kappa shape index (κ1) is 16.3. The van der Waals surface area contributed by atoms with E-state index in [1.807, 2.05) is 13.8 Å². The summed E-state index contributed by atoms with van der Waals surface area (Å²) in [4.78, 5) is 0. The second-order valence-corrected chi connectivity index (χ2v) is 5.34. The molecular formula is C14H15F3N4S. The van der Waals surface area contributed by atoms with Crippen LogP contribution in [0.1, 0.15) is 19.4 Å². The molecule has 0 saturated heterocycles. The van der Waals surface area contributed by atoms with Crippen molar-refractivity contribution in [2.45, 2.75) is 26.1 Å². The van der Waals surface area contributed by atoms with Crippen LogP contribution >= 0.6 is 12.2 Å². The fraction of sp³-hybridized carbons (Fsp3) is 0.286. The van der Waals surface area contributed by atoms with E-state index in [-0.39, 0.29) is 16.8 Å². The van der Waals surface area contributed by atoms with E-state index in [0.717, 1.165) is 12.1 Å². The highest BCUT2D eigenvalue weighted by Crippen LogP contribution is 2.33. The Morgan fingerprint density at radius 1 is 1.32 bits per heavy atom. The van der Waals surface area contributed by atoms with Gasteiger partial charge in [0.15, 0.2) is 5.11 Å². The maximum absolute atomic E-state index is 12.9. The predicted octanol–water partition coefficient (Wildman–Crippen LogP) is 3.59. The molecule has 0 aliphatic heterocycles. The van der Waals surface area contributed by atoms with Crippen LogP contribution in [0.4, 0.5) is 18.9 Å². The van der Waals surface area contributed by atoms with Crippen LogP contribution in [0.2, 0.25) is 0 Å². The summed E-state index contributed by atoms with van der Waals surface area (Å²) < 4.78 is 40.1. The van der Waals surface area contributed by atoms with Crippen LogP contribution in [0.5, 0.6) is 0 Å².